The molecular formula is C12H12ClNO3. The summed E-state index contributed by atoms with van der Waals surface area (Å²) in [4.78, 5) is 20.2. The van der Waals surface area contributed by atoms with Gasteiger partial charge >= 0.3 is 5.97 Å². The lowest BCUT2D eigenvalue weighted by Gasteiger charge is -2.04. The molecule has 5 heteroatoms. The third-order valence-electron chi connectivity index (χ3n) is 2.42. The van der Waals surface area contributed by atoms with E-state index in [0.29, 0.717) is 5.75 Å². The van der Waals surface area contributed by atoms with E-state index in [0.717, 1.165) is 17.4 Å². The molecule has 1 heterocycles. The summed E-state index contributed by atoms with van der Waals surface area (Å²) in [5, 5.41) is 1.03. The highest BCUT2D eigenvalue weighted by atomic mass is 35.5. The molecule has 0 saturated heterocycles. The topological polar surface area (TPSA) is 40.5 Å². The van der Waals surface area contributed by atoms with Gasteiger partial charge in [0.25, 0.3) is 0 Å². The third kappa shape index (κ3) is 2.53. The molecule has 0 atom stereocenters. The van der Waals surface area contributed by atoms with E-state index in [-0.39, 0.29) is 5.88 Å². The van der Waals surface area contributed by atoms with Crippen LogP contribution in [0.5, 0.6) is 5.75 Å². The number of halogens is 1. The Morgan fingerprint density at radius 1 is 1.41 bits per heavy atom. The van der Waals surface area contributed by atoms with Gasteiger partial charge in [-0.3, -0.25) is 4.89 Å². The highest BCUT2D eigenvalue weighted by molar-refractivity contribution is 6.26. The molecule has 0 aliphatic rings. The summed E-state index contributed by atoms with van der Waals surface area (Å²) >= 11 is 5.28. The van der Waals surface area contributed by atoms with Crippen molar-refractivity contribution in [1.82, 2.24) is 4.57 Å². The Bertz CT molecular complexity index is 536. The molecule has 0 radical (unpaired) electrons. The van der Waals surface area contributed by atoms with Crippen molar-refractivity contribution in [3.05, 3.63) is 30.5 Å². The predicted octanol–water partition coefficient (Wildman–Crippen LogP) is 2.74. The monoisotopic (exact) mass is 253 g/mol. The maximum atomic E-state index is 10.8. The van der Waals surface area contributed by atoms with Crippen LogP contribution in [0, 0.1) is 0 Å². The number of benzene rings is 1. The maximum absolute atomic E-state index is 10.8. The van der Waals surface area contributed by atoms with Crippen LogP contribution >= 0.6 is 11.6 Å². The van der Waals surface area contributed by atoms with Gasteiger partial charge in [0.15, 0.2) is 5.75 Å². The van der Waals surface area contributed by atoms with Crippen LogP contribution in [0.2, 0.25) is 0 Å². The highest BCUT2D eigenvalue weighted by Gasteiger charge is 2.05. The van der Waals surface area contributed by atoms with Gasteiger partial charge in [0.1, 0.15) is 5.88 Å². The Kier molecular flexibility index (Phi) is 3.54. The minimum absolute atomic E-state index is 0.228. The van der Waals surface area contributed by atoms with Gasteiger partial charge < -0.3 is 4.57 Å². The zero-order valence-corrected chi connectivity index (χ0v) is 10.1. The summed E-state index contributed by atoms with van der Waals surface area (Å²) in [6, 6.07) is 7.46. The SMILES string of the molecule is CCn1ccc2cc(OOC(=O)CCl)ccc21. The number of carbonyl (C=O) groups is 1. The molecule has 0 unspecified atom stereocenters. The molecule has 0 amide bonds. The Morgan fingerprint density at radius 2 is 2.24 bits per heavy atom. The average Bonchev–Trinajstić information content (AvgIpc) is 2.78. The molecule has 0 N–H and O–H groups in total. The first kappa shape index (κ1) is 11.8. The van der Waals surface area contributed by atoms with Crippen LogP contribution in [0.15, 0.2) is 30.5 Å². The van der Waals surface area contributed by atoms with Crippen molar-refractivity contribution < 1.29 is 14.6 Å². The largest absolute Gasteiger partial charge is 0.370 e. The standard InChI is InChI=1S/C12H12ClNO3/c1-2-14-6-5-9-7-10(3-4-11(9)14)16-17-12(15)8-13/h3-7H,2,8H2,1H3. The van der Waals surface area contributed by atoms with Crippen molar-refractivity contribution in [1.29, 1.82) is 0 Å². The zero-order chi connectivity index (χ0) is 12.3. The van der Waals surface area contributed by atoms with E-state index in [1.807, 2.05) is 24.4 Å². The van der Waals surface area contributed by atoms with Crippen LogP contribution in [0.4, 0.5) is 0 Å². The van der Waals surface area contributed by atoms with Crippen molar-refractivity contribution in [2.45, 2.75) is 13.5 Å². The minimum atomic E-state index is -0.613. The van der Waals surface area contributed by atoms with E-state index in [1.54, 1.807) is 6.07 Å². The van der Waals surface area contributed by atoms with Gasteiger partial charge in [-0.25, -0.2) is 9.68 Å². The van der Waals surface area contributed by atoms with E-state index in [1.165, 1.54) is 0 Å². The van der Waals surface area contributed by atoms with Gasteiger partial charge in [-0.1, -0.05) is 0 Å². The molecule has 90 valence electrons. The van der Waals surface area contributed by atoms with Gasteiger partial charge in [0.05, 0.1) is 0 Å². The van der Waals surface area contributed by atoms with Gasteiger partial charge in [0, 0.05) is 23.6 Å². The summed E-state index contributed by atoms with van der Waals surface area (Å²) in [6.45, 7) is 2.98. The lowest BCUT2D eigenvalue weighted by Crippen LogP contribution is -2.08. The smallest absolute Gasteiger partial charge is 0.348 e. The molecule has 1 aromatic heterocycles. The fourth-order valence-corrected chi connectivity index (χ4v) is 1.67. The van der Waals surface area contributed by atoms with Crippen LogP contribution in [0.25, 0.3) is 10.9 Å². The number of hydrogen-bond donors (Lipinski definition) is 0. The van der Waals surface area contributed by atoms with Gasteiger partial charge in [-0.05, 0) is 31.2 Å². The van der Waals surface area contributed by atoms with Gasteiger partial charge in [-0.2, -0.15) is 0 Å². The van der Waals surface area contributed by atoms with E-state index in [9.17, 15) is 4.79 Å². The molecule has 2 aromatic rings. The summed E-state index contributed by atoms with van der Waals surface area (Å²) in [7, 11) is 0. The molecule has 0 fully saturated rings. The Hall–Kier alpha value is -1.68. The number of aromatic nitrogens is 1. The molecule has 0 aliphatic carbocycles. The summed E-state index contributed by atoms with van der Waals surface area (Å²) in [6.07, 6.45) is 2.00. The Labute approximate surface area is 104 Å². The first-order valence-electron chi connectivity index (χ1n) is 5.27. The predicted molar refractivity (Wildman–Crippen MR) is 65.1 cm³/mol. The molecule has 0 saturated carbocycles. The average molecular weight is 254 g/mol. The normalized spacial score (nSPS) is 10.5. The van der Waals surface area contributed by atoms with Crippen molar-refractivity contribution in [3.8, 4) is 5.75 Å². The van der Waals surface area contributed by atoms with Crippen LogP contribution in [0.1, 0.15) is 6.92 Å². The first-order chi connectivity index (χ1) is 8.24. The van der Waals surface area contributed by atoms with Crippen LogP contribution in [-0.4, -0.2) is 16.4 Å². The molecule has 1 aromatic carbocycles. The maximum Gasteiger partial charge on any atom is 0.370 e. The zero-order valence-electron chi connectivity index (χ0n) is 9.35. The summed E-state index contributed by atoms with van der Waals surface area (Å²) in [5.41, 5.74) is 1.11. The molecule has 4 nitrogen and oxygen atoms in total. The van der Waals surface area contributed by atoms with E-state index >= 15 is 0 Å². The van der Waals surface area contributed by atoms with Gasteiger partial charge in [0.2, 0.25) is 0 Å². The Balaban J connectivity index is 2.18. The third-order valence-corrected chi connectivity index (χ3v) is 2.64. The second-order valence-electron chi connectivity index (χ2n) is 3.49. The molecule has 0 bridgehead atoms. The van der Waals surface area contributed by atoms with Crippen molar-refractivity contribution in [3.63, 3.8) is 0 Å². The highest BCUT2D eigenvalue weighted by Crippen LogP contribution is 2.22. The second kappa shape index (κ2) is 5.10. The van der Waals surface area contributed by atoms with E-state index in [4.69, 9.17) is 16.5 Å². The molecule has 17 heavy (non-hydrogen) atoms. The number of alkyl halides is 1. The quantitative estimate of drug-likeness (QED) is 0.478. The Morgan fingerprint density at radius 3 is 2.94 bits per heavy atom. The van der Waals surface area contributed by atoms with Gasteiger partial charge in [-0.15, -0.1) is 11.6 Å². The molecule has 0 aliphatic heterocycles. The second-order valence-corrected chi connectivity index (χ2v) is 3.76. The lowest BCUT2D eigenvalue weighted by atomic mass is 10.2. The van der Waals surface area contributed by atoms with Crippen LogP contribution in [0.3, 0.4) is 0 Å². The van der Waals surface area contributed by atoms with E-state index < -0.39 is 5.97 Å². The first-order valence-corrected chi connectivity index (χ1v) is 5.80. The van der Waals surface area contributed by atoms with Crippen molar-refractivity contribution in [2.24, 2.45) is 0 Å². The van der Waals surface area contributed by atoms with Crippen molar-refractivity contribution in [2.75, 3.05) is 5.88 Å². The fourth-order valence-electron chi connectivity index (χ4n) is 1.62. The molecule has 0 spiro atoms. The number of rotatable bonds is 4. The van der Waals surface area contributed by atoms with Crippen LogP contribution < -0.4 is 4.89 Å². The number of fused-ring (bicyclic) bond motifs is 1. The van der Waals surface area contributed by atoms with E-state index in [2.05, 4.69) is 16.4 Å². The fraction of sp³-hybridized carbons (Fsp3) is 0.250. The van der Waals surface area contributed by atoms with Crippen molar-refractivity contribution >= 4 is 28.5 Å². The molecule has 2 rings (SSSR count). The number of nitrogens with zero attached hydrogens (tertiary/aromatic N) is 1. The number of carbonyl (C=O) groups excluding carboxylic acids is 1. The minimum Gasteiger partial charge on any atom is -0.348 e. The van der Waals surface area contributed by atoms with Crippen LogP contribution in [-0.2, 0) is 16.2 Å². The number of aryl methyl sites for hydroxylation is 1. The summed E-state index contributed by atoms with van der Waals surface area (Å²) in [5.74, 6) is -0.364. The molecular weight excluding hydrogens is 242 g/mol. The number of hydrogen-bond acceptors (Lipinski definition) is 3. The summed E-state index contributed by atoms with van der Waals surface area (Å²) < 4.78 is 2.11. The lowest BCUT2D eigenvalue weighted by molar-refractivity contribution is -0.210.